The molecule has 0 aliphatic rings. The molecule has 23 heavy (non-hydrogen) atoms. The normalized spacial score (nSPS) is 10.9. The van der Waals surface area contributed by atoms with Gasteiger partial charge in [0.25, 0.3) is 5.91 Å². The van der Waals surface area contributed by atoms with Crippen molar-refractivity contribution < 1.29 is 9.90 Å². The lowest BCUT2D eigenvalue weighted by Gasteiger charge is -2.08. The quantitative estimate of drug-likeness (QED) is 0.662. The number of carbonyl (C=O) groups excluding carboxylic acids is 1. The van der Waals surface area contributed by atoms with Crippen molar-refractivity contribution in [3.63, 3.8) is 0 Å². The Morgan fingerprint density at radius 3 is 2.65 bits per heavy atom. The molecule has 0 unspecified atom stereocenters. The highest BCUT2D eigenvalue weighted by Gasteiger charge is 2.14. The molecule has 1 heterocycles. The van der Waals surface area contributed by atoms with Gasteiger partial charge in [0.05, 0.1) is 15.6 Å². The zero-order valence-corrected chi connectivity index (χ0v) is 13.6. The van der Waals surface area contributed by atoms with Gasteiger partial charge in [0, 0.05) is 23.6 Å². The van der Waals surface area contributed by atoms with Gasteiger partial charge in [-0.1, -0.05) is 29.3 Å². The number of nitrogens with one attached hydrogen (secondary N) is 2. The van der Waals surface area contributed by atoms with Gasteiger partial charge in [0.15, 0.2) is 0 Å². The van der Waals surface area contributed by atoms with Gasteiger partial charge < -0.3 is 15.4 Å². The van der Waals surface area contributed by atoms with Crippen molar-refractivity contribution in [1.82, 2.24) is 10.3 Å². The van der Waals surface area contributed by atoms with Crippen LogP contribution in [-0.2, 0) is 6.42 Å². The van der Waals surface area contributed by atoms with Gasteiger partial charge in [-0.05, 0) is 42.3 Å². The van der Waals surface area contributed by atoms with E-state index in [-0.39, 0.29) is 17.2 Å². The van der Waals surface area contributed by atoms with E-state index in [4.69, 9.17) is 23.2 Å². The van der Waals surface area contributed by atoms with Crippen LogP contribution in [0.15, 0.2) is 42.6 Å². The molecule has 0 aliphatic heterocycles. The molecule has 0 aliphatic carbocycles. The molecule has 0 atom stereocenters. The van der Waals surface area contributed by atoms with E-state index >= 15 is 0 Å². The molecule has 0 saturated carbocycles. The molecule has 1 aromatic heterocycles. The van der Waals surface area contributed by atoms with Crippen LogP contribution >= 0.6 is 23.2 Å². The summed E-state index contributed by atoms with van der Waals surface area (Å²) >= 11 is 12.0. The van der Waals surface area contributed by atoms with Gasteiger partial charge in [-0.25, -0.2) is 0 Å². The van der Waals surface area contributed by atoms with Crippen molar-refractivity contribution in [2.45, 2.75) is 6.42 Å². The number of benzene rings is 2. The molecule has 0 saturated heterocycles. The maximum atomic E-state index is 12.2. The molecule has 3 aromatic rings. The second-order valence-corrected chi connectivity index (χ2v) is 5.96. The molecule has 1 amide bonds. The number of phenols is 1. The zero-order valence-electron chi connectivity index (χ0n) is 12.1. The maximum absolute atomic E-state index is 12.2. The number of rotatable bonds is 4. The Morgan fingerprint density at radius 2 is 1.91 bits per heavy atom. The first-order valence-electron chi connectivity index (χ1n) is 7.07. The number of aromatic nitrogens is 1. The summed E-state index contributed by atoms with van der Waals surface area (Å²) in [6, 6.07) is 10.1. The third-order valence-electron chi connectivity index (χ3n) is 3.62. The second kappa shape index (κ2) is 6.52. The monoisotopic (exact) mass is 348 g/mol. The molecule has 0 spiro atoms. The Kier molecular flexibility index (Phi) is 4.46. The first kappa shape index (κ1) is 15.7. The lowest BCUT2D eigenvalue weighted by Crippen LogP contribution is -2.26. The van der Waals surface area contributed by atoms with Crippen molar-refractivity contribution in [2.24, 2.45) is 0 Å². The van der Waals surface area contributed by atoms with Crippen molar-refractivity contribution in [3.05, 3.63) is 63.8 Å². The van der Waals surface area contributed by atoms with Gasteiger partial charge in [-0.15, -0.1) is 0 Å². The average Bonchev–Trinajstić information content (AvgIpc) is 2.89. The van der Waals surface area contributed by atoms with E-state index in [0.717, 1.165) is 16.5 Å². The number of hydrogen-bond acceptors (Lipinski definition) is 2. The lowest BCUT2D eigenvalue weighted by molar-refractivity contribution is 0.0954. The van der Waals surface area contributed by atoms with E-state index in [9.17, 15) is 9.90 Å². The standard InChI is InChI=1S/C17H14Cl2N2O2/c18-13-2-1-3-14(19)16(13)17(23)20-7-6-10-9-21-15-5-4-11(22)8-12(10)15/h1-5,8-9,21-22H,6-7H2,(H,20,23). The number of phenolic OH excluding ortho intramolecular Hbond substituents is 1. The molecule has 0 bridgehead atoms. The predicted octanol–water partition coefficient (Wildman–Crippen LogP) is 4.15. The summed E-state index contributed by atoms with van der Waals surface area (Å²) in [4.78, 5) is 15.3. The van der Waals surface area contributed by atoms with Crippen molar-refractivity contribution in [3.8, 4) is 5.75 Å². The van der Waals surface area contributed by atoms with E-state index in [1.54, 1.807) is 30.3 Å². The second-order valence-electron chi connectivity index (χ2n) is 5.15. The average molecular weight is 349 g/mol. The number of aromatic hydroxyl groups is 1. The van der Waals surface area contributed by atoms with Gasteiger partial charge in [-0.3, -0.25) is 4.79 Å². The van der Waals surface area contributed by atoms with Gasteiger partial charge in [0.2, 0.25) is 0 Å². The topological polar surface area (TPSA) is 65.1 Å². The molecule has 118 valence electrons. The first-order chi connectivity index (χ1) is 11.1. The summed E-state index contributed by atoms with van der Waals surface area (Å²) in [6.07, 6.45) is 2.50. The molecule has 0 radical (unpaired) electrons. The Balaban J connectivity index is 1.69. The number of amides is 1. The van der Waals surface area contributed by atoms with E-state index < -0.39 is 0 Å². The number of fused-ring (bicyclic) bond motifs is 1. The third kappa shape index (κ3) is 3.28. The summed E-state index contributed by atoms with van der Waals surface area (Å²) in [7, 11) is 0. The molecule has 6 heteroatoms. The summed E-state index contributed by atoms with van der Waals surface area (Å²) in [5.41, 5.74) is 2.24. The van der Waals surface area contributed by atoms with E-state index in [1.165, 1.54) is 0 Å². The predicted molar refractivity (Wildman–Crippen MR) is 92.5 cm³/mol. The number of aromatic amines is 1. The van der Waals surface area contributed by atoms with Gasteiger partial charge in [-0.2, -0.15) is 0 Å². The molecule has 2 aromatic carbocycles. The van der Waals surface area contributed by atoms with E-state index in [1.807, 2.05) is 12.3 Å². The molecule has 0 fully saturated rings. The smallest absolute Gasteiger partial charge is 0.254 e. The number of carbonyl (C=O) groups is 1. The van der Waals surface area contributed by atoms with Gasteiger partial charge in [0.1, 0.15) is 5.75 Å². The zero-order chi connectivity index (χ0) is 16.4. The highest BCUT2D eigenvalue weighted by Crippen LogP contribution is 2.25. The summed E-state index contributed by atoms with van der Waals surface area (Å²) in [5, 5.41) is 14.0. The Hall–Kier alpha value is -2.17. The van der Waals surface area contributed by atoms with Crippen LogP contribution in [-0.4, -0.2) is 22.5 Å². The Bertz CT molecular complexity index is 854. The minimum absolute atomic E-state index is 0.213. The Labute approximate surface area is 143 Å². The number of halogens is 2. The minimum Gasteiger partial charge on any atom is -0.508 e. The van der Waals surface area contributed by atoms with Crippen molar-refractivity contribution in [1.29, 1.82) is 0 Å². The summed E-state index contributed by atoms with van der Waals surface area (Å²) in [6.45, 7) is 0.434. The fourth-order valence-electron chi connectivity index (χ4n) is 2.49. The van der Waals surface area contributed by atoms with E-state index in [2.05, 4.69) is 10.3 Å². The van der Waals surface area contributed by atoms with Gasteiger partial charge >= 0.3 is 0 Å². The fraction of sp³-hybridized carbons (Fsp3) is 0.118. The van der Waals surface area contributed by atoms with Crippen LogP contribution in [0.1, 0.15) is 15.9 Å². The molecule has 4 nitrogen and oxygen atoms in total. The van der Waals surface area contributed by atoms with Crippen molar-refractivity contribution >= 4 is 40.0 Å². The third-order valence-corrected chi connectivity index (χ3v) is 4.25. The number of H-pyrrole nitrogens is 1. The fourth-order valence-corrected chi connectivity index (χ4v) is 3.06. The highest BCUT2D eigenvalue weighted by molar-refractivity contribution is 6.39. The maximum Gasteiger partial charge on any atom is 0.254 e. The van der Waals surface area contributed by atoms with Crippen LogP contribution < -0.4 is 5.32 Å². The summed E-state index contributed by atoms with van der Waals surface area (Å²) in [5.74, 6) is -0.0893. The SMILES string of the molecule is O=C(NCCc1c[nH]c2ccc(O)cc12)c1c(Cl)cccc1Cl. The number of hydrogen-bond donors (Lipinski definition) is 3. The summed E-state index contributed by atoms with van der Waals surface area (Å²) < 4.78 is 0. The van der Waals surface area contributed by atoms with Crippen LogP contribution in [0.25, 0.3) is 10.9 Å². The minimum atomic E-state index is -0.303. The molecular formula is C17H14Cl2N2O2. The van der Waals surface area contributed by atoms with Crippen molar-refractivity contribution in [2.75, 3.05) is 6.54 Å². The van der Waals surface area contributed by atoms with E-state index in [0.29, 0.717) is 23.0 Å². The molecule has 3 N–H and O–H groups in total. The van der Waals surface area contributed by atoms with Crippen LogP contribution in [0.2, 0.25) is 10.0 Å². The first-order valence-corrected chi connectivity index (χ1v) is 7.83. The van der Waals surface area contributed by atoms with Crippen LogP contribution in [0.4, 0.5) is 0 Å². The highest BCUT2D eigenvalue weighted by atomic mass is 35.5. The lowest BCUT2D eigenvalue weighted by atomic mass is 10.1. The van der Waals surface area contributed by atoms with Crippen LogP contribution in [0.3, 0.4) is 0 Å². The Morgan fingerprint density at radius 1 is 1.17 bits per heavy atom. The van der Waals surface area contributed by atoms with Crippen LogP contribution in [0.5, 0.6) is 5.75 Å². The molecular weight excluding hydrogens is 335 g/mol. The molecule has 3 rings (SSSR count). The van der Waals surface area contributed by atoms with Crippen LogP contribution in [0, 0.1) is 0 Å². The largest absolute Gasteiger partial charge is 0.508 e.